The second-order valence-electron chi connectivity index (χ2n) is 4.96. The van der Waals surface area contributed by atoms with E-state index in [2.05, 4.69) is 10.0 Å². The summed E-state index contributed by atoms with van der Waals surface area (Å²) in [5, 5.41) is 2.91. The molecular weight excluding hydrogens is 314 g/mol. The summed E-state index contributed by atoms with van der Waals surface area (Å²) in [7, 11) is -3.73. The molecule has 6 nitrogen and oxygen atoms in total. The van der Waals surface area contributed by atoms with Crippen molar-refractivity contribution in [2.24, 2.45) is 5.73 Å². The van der Waals surface area contributed by atoms with Crippen LogP contribution < -0.4 is 15.8 Å². The van der Waals surface area contributed by atoms with Crippen molar-refractivity contribution < 1.29 is 13.2 Å². The fraction of sp³-hybridized carbons (Fsp3) is 0.462. The van der Waals surface area contributed by atoms with E-state index in [1.165, 1.54) is 12.1 Å². The number of halogens is 1. The Morgan fingerprint density at radius 1 is 1.38 bits per heavy atom. The van der Waals surface area contributed by atoms with Gasteiger partial charge >= 0.3 is 0 Å². The summed E-state index contributed by atoms with van der Waals surface area (Å²) in [6, 6.07) is 4.82. The van der Waals surface area contributed by atoms with Gasteiger partial charge in [0.05, 0.1) is 5.02 Å². The zero-order chi connectivity index (χ0) is 15.5. The van der Waals surface area contributed by atoms with Crippen molar-refractivity contribution in [1.82, 2.24) is 10.0 Å². The minimum absolute atomic E-state index is 0.0102. The first-order valence-electron chi connectivity index (χ1n) is 6.70. The maximum Gasteiger partial charge on any atom is 0.242 e. The van der Waals surface area contributed by atoms with E-state index in [1.54, 1.807) is 6.07 Å². The molecule has 0 saturated heterocycles. The molecule has 1 amide bonds. The Labute approximate surface area is 129 Å². The number of hydrogen-bond donors (Lipinski definition) is 3. The third kappa shape index (κ3) is 4.67. The Balaban J connectivity index is 1.92. The smallest absolute Gasteiger partial charge is 0.242 e. The van der Waals surface area contributed by atoms with Crippen LogP contribution in [0.1, 0.15) is 24.8 Å². The van der Waals surface area contributed by atoms with Gasteiger partial charge in [-0.1, -0.05) is 17.7 Å². The number of hydrogen-bond acceptors (Lipinski definition) is 4. The number of carbonyl (C=O) groups is 1. The highest BCUT2D eigenvalue weighted by atomic mass is 35.5. The van der Waals surface area contributed by atoms with Gasteiger partial charge in [-0.15, -0.1) is 0 Å². The number of nitrogens with one attached hydrogen (secondary N) is 2. The lowest BCUT2D eigenvalue weighted by Gasteiger charge is -2.09. The zero-order valence-electron chi connectivity index (χ0n) is 11.4. The lowest BCUT2D eigenvalue weighted by molar-refractivity contribution is -0.121. The topological polar surface area (TPSA) is 101 Å². The first kappa shape index (κ1) is 16.2. The third-order valence-corrected chi connectivity index (χ3v) is 5.05. The normalized spacial score (nSPS) is 15.0. The van der Waals surface area contributed by atoms with Gasteiger partial charge in [0, 0.05) is 25.6 Å². The molecule has 1 fully saturated rings. The van der Waals surface area contributed by atoms with Crippen LogP contribution in [-0.2, 0) is 21.4 Å². The van der Waals surface area contributed by atoms with Gasteiger partial charge in [0.1, 0.15) is 4.90 Å². The molecule has 8 heteroatoms. The molecule has 0 aromatic heterocycles. The molecule has 1 aliphatic carbocycles. The maximum atomic E-state index is 12.1. The molecule has 1 saturated carbocycles. The van der Waals surface area contributed by atoms with Crippen LogP contribution in [0.15, 0.2) is 23.1 Å². The minimum Gasteiger partial charge on any atom is -0.353 e. The van der Waals surface area contributed by atoms with Gasteiger partial charge in [0.15, 0.2) is 0 Å². The number of nitrogens with two attached hydrogens (primary N) is 1. The fourth-order valence-corrected chi connectivity index (χ4v) is 3.39. The lowest BCUT2D eigenvalue weighted by Crippen LogP contribution is -2.31. The molecule has 2 rings (SSSR count). The number of carbonyl (C=O) groups excluding carboxylic acids is 1. The van der Waals surface area contributed by atoms with E-state index in [9.17, 15) is 13.2 Å². The van der Waals surface area contributed by atoms with E-state index >= 15 is 0 Å². The minimum atomic E-state index is -3.73. The molecule has 0 bridgehead atoms. The third-order valence-electron chi connectivity index (χ3n) is 3.11. The van der Waals surface area contributed by atoms with Crippen molar-refractivity contribution in [3.63, 3.8) is 0 Å². The Bertz CT molecular complexity index is 630. The van der Waals surface area contributed by atoms with Crippen LogP contribution in [-0.4, -0.2) is 26.9 Å². The molecule has 0 unspecified atom stereocenters. The quantitative estimate of drug-likeness (QED) is 0.686. The Kier molecular flexibility index (Phi) is 5.21. The molecule has 4 N–H and O–H groups in total. The molecule has 0 heterocycles. The van der Waals surface area contributed by atoms with Gasteiger partial charge < -0.3 is 11.1 Å². The summed E-state index contributed by atoms with van der Waals surface area (Å²) in [6.07, 6.45) is 2.11. The Morgan fingerprint density at radius 3 is 2.67 bits per heavy atom. The van der Waals surface area contributed by atoms with Crippen LogP contribution in [0.25, 0.3) is 0 Å². The van der Waals surface area contributed by atoms with E-state index in [4.69, 9.17) is 17.3 Å². The van der Waals surface area contributed by atoms with Gasteiger partial charge in [0.2, 0.25) is 15.9 Å². The molecular formula is C13H18ClN3O3S. The fourth-order valence-electron chi connectivity index (χ4n) is 1.79. The number of rotatable bonds is 7. The van der Waals surface area contributed by atoms with Gasteiger partial charge in [0.25, 0.3) is 0 Å². The van der Waals surface area contributed by atoms with E-state index in [0.717, 1.165) is 18.4 Å². The summed E-state index contributed by atoms with van der Waals surface area (Å²) in [6.45, 7) is 0.324. The Hall–Kier alpha value is -1.15. The molecule has 1 aromatic rings. The zero-order valence-corrected chi connectivity index (χ0v) is 13.0. The van der Waals surface area contributed by atoms with Crippen molar-refractivity contribution in [2.45, 2.75) is 36.7 Å². The summed E-state index contributed by atoms with van der Waals surface area (Å²) in [5.41, 5.74) is 6.22. The first-order chi connectivity index (χ1) is 9.92. The van der Waals surface area contributed by atoms with Crippen LogP contribution in [0.3, 0.4) is 0 Å². The number of amides is 1. The van der Waals surface area contributed by atoms with Gasteiger partial charge in [-0.2, -0.15) is 0 Å². The highest BCUT2D eigenvalue weighted by molar-refractivity contribution is 7.89. The number of sulfonamides is 1. The molecule has 1 aromatic carbocycles. The Morgan fingerprint density at radius 2 is 2.10 bits per heavy atom. The van der Waals surface area contributed by atoms with Gasteiger partial charge in [-0.3, -0.25) is 4.79 Å². The van der Waals surface area contributed by atoms with Gasteiger partial charge in [-0.05, 0) is 30.5 Å². The summed E-state index contributed by atoms with van der Waals surface area (Å²) in [5.74, 6) is -0.148. The highest BCUT2D eigenvalue weighted by Crippen LogP contribution is 2.22. The van der Waals surface area contributed by atoms with E-state index in [-0.39, 0.29) is 41.4 Å². The average Bonchev–Trinajstić information content (AvgIpc) is 3.21. The summed E-state index contributed by atoms with van der Waals surface area (Å²) >= 11 is 5.96. The molecule has 0 radical (unpaired) electrons. The number of benzene rings is 1. The van der Waals surface area contributed by atoms with E-state index in [0.29, 0.717) is 0 Å². The standard InChI is InChI=1S/C13H18ClN3O3S/c14-11-7-9(8-15)1-4-12(11)21(19,20)16-6-5-13(18)17-10-2-3-10/h1,4,7,10,16H,2-3,5-6,8,15H2,(H,17,18). The predicted molar refractivity (Wildman–Crippen MR) is 80.3 cm³/mol. The second kappa shape index (κ2) is 6.74. The van der Waals surface area contributed by atoms with Crippen LogP contribution in [0.5, 0.6) is 0 Å². The first-order valence-corrected chi connectivity index (χ1v) is 8.56. The predicted octanol–water partition coefficient (Wildman–Crippen LogP) is 0.746. The second-order valence-corrected chi connectivity index (χ2v) is 7.10. The van der Waals surface area contributed by atoms with E-state index < -0.39 is 10.0 Å². The summed E-state index contributed by atoms with van der Waals surface area (Å²) < 4.78 is 26.6. The van der Waals surface area contributed by atoms with Crippen LogP contribution in [0, 0.1) is 0 Å². The van der Waals surface area contributed by atoms with Crippen LogP contribution in [0.4, 0.5) is 0 Å². The van der Waals surface area contributed by atoms with Crippen LogP contribution >= 0.6 is 11.6 Å². The van der Waals surface area contributed by atoms with Crippen molar-refractivity contribution >= 4 is 27.5 Å². The molecule has 0 spiro atoms. The highest BCUT2D eigenvalue weighted by Gasteiger charge is 2.23. The van der Waals surface area contributed by atoms with Crippen molar-refractivity contribution in [3.8, 4) is 0 Å². The summed E-state index contributed by atoms with van der Waals surface area (Å²) in [4.78, 5) is 11.5. The molecule has 0 atom stereocenters. The molecule has 116 valence electrons. The lowest BCUT2D eigenvalue weighted by atomic mass is 10.2. The monoisotopic (exact) mass is 331 g/mol. The van der Waals surface area contributed by atoms with Gasteiger partial charge in [-0.25, -0.2) is 13.1 Å². The maximum absolute atomic E-state index is 12.1. The largest absolute Gasteiger partial charge is 0.353 e. The van der Waals surface area contributed by atoms with E-state index in [1.807, 2.05) is 0 Å². The molecule has 1 aliphatic rings. The van der Waals surface area contributed by atoms with Crippen molar-refractivity contribution in [1.29, 1.82) is 0 Å². The van der Waals surface area contributed by atoms with Crippen molar-refractivity contribution in [3.05, 3.63) is 28.8 Å². The molecule has 21 heavy (non-hydrogen) atoms. The average molecular weight is 332 g/mol. The SMILES string of the molecule is NCc1ccc(S(=O)(=O)NCCC(=O)NC2CC2)c(Cl)c1. The van der Waals surface area contributed by atoms with Crippen molar-refractivity contribution in [2.75, 3.05) is 6.54 Å². The molecule has 0 aliphatic heterocycles. The van der Waals surface area contributed by atoms with Crippen LogP contribution in [0.2, 0.25) is 5.02 Å².